The first-order valence-electron chi connectivity index (χ1n) is 12.0. The summed E-state index contributed by atoms with van der Waals surface area (Å²) < 4.78 is 144. The van der Waals surface area contributed by atoms with Gasteiger partial charge in [0, 0.05) is 13.2 Å². The van der Waals surface area contributed by atoms with Crippen LogP contribution >= 0.6 is 0 Å². The first-order valence-corrected chi connectivity index (χ1v) is 23.9. The van der Waals surface area contributed by atoms with E-state index in [1.165, 1.54) is 0 Å². The Kier molecular flexibility index (Phi) is 14.2. The molecule has 0 bridgehead atoms. The topological polar surface area (TPSA) is 66.4 Å². The maximum absolute atomic E-state index is 14.4. The average molecular weight is 659 g/mol. The molecule has 0 saturated carbocycles. The molecule has 234 valence electrons. The number of rotatable bonds is 18. The third kappa shape index (κ3) is 14.5. The zero-order valence-electron chi connectivity index (χ0n) is 23.3. The predicted molar refractivity (Wildman–Crippen MR) is 136 cm³/mol. The van der Waals surface area contributed by atoms with Gasteiger partial charge < -0.3 is 22.2 Å². The van der Waals surface area contributed by atoms with Crippen molar-refractivity contribution >= 4 is 33.8 Å². The van der Waals surface area contributed by atoms with Crippen LogP contribution in [0.5, 0.6) is 0 Å². The fraction of sp³-hybridized carbons (Fsp3) is 0.900. The number of hydrogen-bond donors (Lipinski definition) is 1. The molecule has 2 unspecified atom stereocenters. The SMILES string of the molecule is C[Si](C)(C)O[Si](C)(C)O[Si](C)(CCCOCC(F)(OC(F)(F)C(F)=C(F)F)C(F)(F)F)O[Si](C)(C)CCCO. The zero-order valence-corrected chi connectivity index (χ0v) is 27.3. The normalized spacial score (nSPS) is 17.1. The summed E-state index contributed by atoms with van der Waals surface area (Å²) in [5.41, 5.74) is 0. The van der Waals surface area contributed by atoms with E-state index in [2.05, 4.69) is 9.47 Å². The molecule has 0 aliphatic carbocycles. The second kappa shape index (κ2) is 14.3. The molecule has 0 aromatic carbocycles. The van der Waals surface area contributed by atoms with Gasteiger partial charge in [0.15, 0.2) is 16.6 Å². The van der Waals surface area contributed by atoms with Gasteiger partial charge in [0.1, 0.15) is 6.61 Å². The van der Waals surface area contributed by atoms with Crippen LogP contribution in [-0.4, -0.2) is 76.8 Å². The first-order chi connectivity index (χ1) is 17.2. The van der Waals surface area contributed by atoms with E-state index in [-0.39, 0.29) is 19.1 Å². The molecule has 0 fully saturated rings. The number of hydrogen-bond acceptors (Lipinski definition) is 6. The Balaban J connectivity index is 5.58. The molecule has 0 aliphatic heterocycles. The van der Waals surface area contributed by atoms with E-state index in [0.29, 0.717) is 12.5 Å². The largest absolute Gasteiger partial charge is 0.451 e. The molecule has 19 heteroatoms. The van der Waals surface area contributed by atoms with Crippen molar-refractivity contribution in [1.29, 1.82) is 0 Å². The van der Waals surface area contributed by atoms with Gasteiger partial charge in [-0.1, -0.05) is 0 Å². The summed E-state index contributed by atoms with van der Waals surface area (Å²) in [6, 6.07) is 0.732. The zero-order chi connectivity index (χ0) is 31.1. The van der Waals surface area contributed by atoms with Crippen LogP contribution in [-0.2, 0) is 21.8 Å². The van der Waals surface area contributed by atoms with Crippen molar-refractivity contribution in [1.82, 2.24) is 0 Å². The van der Waals surface area contributed by atoms with E-state index >= 15 is 0 Å². The van der Waals surface area contributed by atoms with Crippen molar-refractivity contribution < 1.29 is 66.4 Å². The van der Waals surface area contributed by atoms with E-state index in [1.54, 1.807) is 6.55 Å². The van der Waals surface area contributed by atoms with Crippen molar-refractivity contribution in [3.8, 4) is 0 Å². The fourth-order valence-corrected chi connectivity index (χ4v) is 22.6. The second-order valence-electron chi connectivity index (χ2n) is 11.1. The van der Waals surface area contributed by atoms with Gasteiger partial charge in [-0.2, -0.15) is 39.5 Å². The summed E-state index contributed by atoms with van der Waals surface area (Å²) in [5.74, 6) is -8.93. The van der Waals surface area contributed by atoms with Crippen LogP contribution in [0.1, 0.15) is 12.8 Å². The fourth-order valence-electron chi connectivity index (χ4n) is 3.77. The van der Waals surface area contributed by atoms with Gasteiger partial charge in [-0.3, -0.25) is 4.74 Å². The van der Waals surface area contributed by atoms with Crippen molar-refractivity contribution in [3.63, 3.8) is 0 Å². The summed E-state index contributed by atoms with van der Waals surface area (Å²) in [6.07, 6.45) is -15.3. The molecule has 0 saturated heterocycles. The van der Waals surface area contributed by atoms with Crippen LogP contribution in [0.2, 0.25) is 64.5 Å². The van der Waals surface area contributed by atoms with Crippen molar-refractivity contribution in [2.45, 2.75) is 95.4 Å². The van der Waals surface area contributed by atoms with E-state index in [0.717, 1.165) is 0 Å². The highest BCUT2D eigenvalue weighted by molar-refractivity contribution is 6.89. The third-order valence-corrected chi connectivity index (χ3v) is 19.7. The number of ether oxygens (including phenoxy) is 2. The average Bonchev–Trinajstić information content (AvgIpc) is 2.67. The molecule has 0 spiro atoms. The number of halogens is 9. The van der Waals surface area contributed by atoms with E-state index in [1.807, 2.05) is 45.8 Å². The number of aliphatic hydroxyl groups excluding tert-OH is 1. The lowest BCUT2D eigenvalue weighted by atomic mass is 10.3. The quantitative estimate of drug-likeness (QED) is 0.0932. The molecule has 0 rings (SSSR count). The summed E-state index contributed by atoms with van der Waals surface area (Å²) in [4.78, 5) is 0. The Morgan fingerprint density at radius 2 is 1.28 bits per heavy atom. The van der Waals surface area contributed by atoms with Crippen LogP contribution < -0.4 is 0 Å². The highest BCUT2D eigenvalue weighted by Crippen LogP contribution is 2.43. The molecule has 0 aromatic rings. The summed E-state index contributed by atoms with van der Waals surface area (Å²) in [7, 11) is -10.3. The van der Waals surface area contributed by atoms with Gasteiger partial charge in [-0.25, -0.2) is 0 Å². The van der Waals surface area contributed by atoms with Gasteiger partial charge in [0.25, 0.3) is 5.83 Å². The summed E-state index contributed by atoms with van der Waals surface area (Å²) >= 11 is 0. The maximum Gasteiger partial charge on any atom is 0.451 e. The standard InChI is InChI=1S/C20H39F9O6Si4/c1-36(2,3)33-38(6,7)35-39(8,34-37(4,5)13-9-11-30)14-10-12-31-15-18(24,20(27,28)29)32-19(25,26)16(21)17(22)23/h30H,9-15H2,1-8H3. The minimum atomic E-state index is -6.16. The molecular weight excluding hydrogens is 620 g/mol. The minimum absolute atomic E-state index is 0.0469. The van der Waals surface area contributed by atoms with Crippen LogP contribution in [0.3, 0.4) is 0 Å². The van der Waals surface area contributed by atoms with Crippen LogP contribution in [0.15, 0.2) is 11.9 Å². The smallest absolute Gasteiger partial charge is 0.437 e. The molecule has 0 amide bonds. The van der Waals surface area contributed by atoms with E-state index < -0.39 is 77.0 Å². The second-order valence-corrected chi connectivity index (χ2v) is 27.4. The third-order valence-electron chi connectivity index (χ3n) is 4.78. The predicted octanol–water partition coefficient (Wildman–Crippen LogP) is 7.55. The molecule has 0 aromatic heterocycles. The molecule has 6 nitrogen and oxygen atoms in total. The Hall–Kier alpha value is -0.262. The lowest BCUT2D eigenvalue weighted by Crippen LogP contribution is -2.57. The lowest BCUT2D eigenvalue weighted by Gasteiger charge is -2.42. The Bertz CT molecular complexity index is 808. The number of alkyl halides is 6. The molecule has 1 N–H and O–H groups in total. The van der Waals surface area contributed by atoms with Gasteiger partial charge in [-0.15, -0.1) is 0 Å². The maximum atomic E-state index is 14.4. The minimum Gasteiger partial charge on any atom is -0.437 e. The highest BCUT2D eigenvalue weighted by atomic mass is 28.5. The Morgan fingerprint density at radius 3 is 1.72 bits per heavy atom. The van der Waals surface area contributed by atoms with Crippen LogP contribution in [0, 0.1) is 0 Å². The number of aliphatic hydroxyl groups is 1. The molecular formula is C20H39F9O6Si4. The van der Waals surface area contributed by atoms with E-state index in [4.69, 9.17) is 12.3 Å². The van der Waals surface area contributed by atoms with Crippen molar-refractivity contribution in [3.05, 3.63) is 11.9 Å². The summed E-state index contributed by atoms with van der Waals surface area (Å²) in [6.45, 7) is 12.3. The summed E-state index contributed by atoms with van der Waals surface area (Å²) in [5, 5.41) is 9.19. The molecule has 2 atom stereocenters. The highest BCUT2D eigenvalue weighted by Gasteiger charge is 2.64. The van der Waals surface area contributed by atoms with Crippen molar-refractivity contribution in [2.75, 3.05) is 19.8 Å². The molecule has 0 aliphatic rings. The Morgan fingerprint density at radius 1 is 0.744 bits per heavy atom. The Labute approximate surface area is 227 Å². The van der Waals surface area contributed by atoms with Gasteiger partial charge in [0.05, 0.1) is 0 Å². The molecule has 39 heavy (non-hydrogen) atoms. The van der Waals surface area contributed by atoms with Crippen LogP contribution in [0.4, 0.5) is 39.5 Å². The van der Waals surface area contributed by atoms with Gasteiger partial charge in [0.2, 0.25) is 0 Å². The lowest BCUT2D eigenvalue weighted by molar-refractivity contribution is -0.412. The molecule has 0 heterocycles. The van der Waals surface area contributed by atoms with Gasteiger partial charge >= 0.3 is 41.3 Å². The van der Waals surface area contributed by atoms with Crippen LogP contribution in [0.25, 0.3) is 0 Å². The molecule has 0 radical (unpaired) electrons. The van der Waals surface area contributed by atoms with Crippen molar-refractivity contribution in [2.24, 2.45) is 0 Å². The van der Waals surface area contributed by atoms with E-state index in [9.17, 15) is 44.6 Å². The monoisotopic (exact) mass is 658 g/mol. The first kappa shape index (κ1) is 38.7. The van der Waals surface area contributed by atoms with Gasteiger partial charge in [-0.05, 0) is 77.3 Å².